The summed E-state index contributed by atoms with van der Waals surface area (Å²) in [5.74, 6) is 0.574. The lowest BCUT2D eigenvalue weighted by Crippen LogP contribution is -1.93. The van der Waals surface area contributed by atoms with E-state index in [1.165, 1.54) is 13.0 Å². The van der Waals surface area contributed by atoms with Crippen LogP contribution in [0.15, 0.2) is 83.4 Å². The van der Waals surface area contributed by atoms with Crippen LogP contribution >= 0.6 is 0 Å². The van der Waals surface area contributed by atoms with E-state index in [-0.39, 0.29) is 11.5 Å². The fourth-order valence-corrected chi connectivity index (χ4v) is 3.89. The molecule has 6 nitrogen and oxygen atoms in total. The van der Waals surface area contributed by atoms with Crippen LogP contribution in [0, 0.1) is 10.1 Å². The summed E-state index contributed by atoms with van der Waals surface area (Å²) >= 11 is 0. The second-order valence-corrected chi connectivity index (χ2v) is 7.22. The number of nitro benzene ring substituents is 1. The van der Waals surface area contributed by atoms with Gasteiger partial charge in [-0.15, -0.1) is 0 Å². The van der Waals surface area contributed by atoms with Crippen LogP contribution in [0.3, 0.4) is 0 Å². The van der Waals surface area contributed by atoms with Crippen LogP contribution in [-0.2, 0) is 0 Å². The number of benzene rings is 3. The molecule has 0 fully saturated rings. The highest BCUT2D eigenvalue weighted by atomic mass is 16.6. The highest BCUT2D eigenvalue weighted by molar-refractivity contribution is 6.07. The molecule has 2 heterocycles. The number of hydrogen-bond acceptors (Lipinski definition) is 5. The van der Waals surface area contributed by atoms with E-state index in [9.17, 15) is 14.9 Å². The van der Waals surface area contributed by atoms with Crippen molar-refractivity contribution in [1.29, 1.82) is 0 Å². The molecule has 0 N–H and O–H groups in total. The molecular formula is C25H16N2O4. The third-order valence-corrected chi connectivity index (χ3v) is 5.36. The maximum atomic E-state index is 11.7. The van der Waals surface area contributed by atoms with Crippen molar-refractivity contribution in [3.05, 3.63) is 94.7 Å². The quantitative estimate of drug-likeness (QED) is 0.194. The predicted molar refractivity (Wildman–Crippen MR) is 119 cm³/mol. The normalized spacial score (nSPS) is 11.1. The Balaban J connectivity index is 1.83. The fraction of sp³-hybridized carbons (Fsp3) is 0.0400. The summed E-state index contributed by atoms with van der Waals surface area (Å²) in [6.45, 7) is 1.53. The Kier molecular flexibility index (Phi) is 4.33. The minimum absolute atomic E-state index is 0.00433. The first-order valence-electron chi connectivity index (χ1n) is 9.70. The van der Waals surface area contributed by atoms with E-state index in [0.717, 1.165) is 16.5 Å². The van der Waals surface area contributed by atoms with E-state index in [1.807, 2.05) is 36.4 Å². The number of carbonyl (C=O) groups is 1. The zero-order valence-corrected chi connectivity index (χ0v) is 16.5. The molecule has 0 aliphatic carbocycles. The molecule has 0 spiro atoms. The molecule has 2 aromatic heterocycles. The average Bonchev–Trinajstić information content (AvgIpc) is 3.17. The summed E-state index contributed by atoms with van der Waals surface area (Å²) in [6.07, 6.45) is 1.61. The fourth-order valence-electron chi connectivity index (χ4n) is 3.89. The molecule has 6 heteroatoms. The van der Waals surface area contributed by atoms with E-state index in [1.54, 1.807) is 36.5 Å². The lowest BCUT2D eigenvalue weighted by molar-refractivity contribution is -0.383. The number of aromatic nitrogens is 1. The van der Waals surface area contributed by atoms with Crippen LogP contribution in [0.1, 0.15) is 17.3 Å². The summed E-state index contributed by atoms with van der Waals surface area (Å²) in [5.41, 5.74) is 4.22. The molecule has 31 heavy (non-hydrogen) atoms. The van der Waals surface area contributed by atoms with E-state index in [0.29, 0.717) is 33.4 Å². The van der Waals surface area contributed by atoms with Gasteiger partial charge >= 0.3 is 0 Å². The Morgan fingerprint density at radius 2 is 1.68 bits per heavy atom. The number of para-hydroxylation sites is 1. The van der Waals surface area contributed by atoms with Gasteiger partial charge in [0.2, 0.25) is 0 Å². The maximum absolute atomic E-state index is 11.7. The Hall–Kier alpha value is -4.32. The van der Waals surface area contributed by atoms with Gasteiger partial charge in [-0.25, -0.2) is 0 Å². The van der Waals surface area contributed by atoms with Gasteiger partial charge < -0.3 is 4.42 Å². The second-order valence-electron chi connectivity index (χ2n) is 7.22. The number of fused-ring (bicyclic) bond motifs is 2. The van der Waals surface area contributed by atoms with Crippen LogP contribution < -0.4 is 0 Å². The van der Waals surface area contributed by atoms with Crippen molar-refractivity contribution in [1.82, 2.24) is 4.98 Å². The highest BCUT2D eigenvalue weighted by Gasteiger charge is 2.23. The molecule has 150 valence electrons. The summed E-state index contributed by atoms with van der Waals surface area (Å²) < 4.78 is 6.25. The molecule has 0 saturated heterocycles. The summed E-state index contributed by atoms with van der Waals surface area (Å²) in [5, 5.41) is 12.9. The van der Waals surface area contributed by atoms with Crippen molar-refractivity contribution in [3.8, 4) is 22.5 Å². The number of nitro groups is 1. The molecule has 0 radical (unpaired) electrons. The molecule has 0 aliphatic rings. The number of Topliss-reactive ketones (excluding diaryl/α,β-unsaturated/α-hetero) is 1. The molecule has 3 aromatic carbocycles. The topological polar surface area (TPSA) is 86.2 Å². The number of carbonyl (C=O) groups excluding carboxylic acids is 1. The average molecular weight is 408 g/mol. The van der Waals surface area contributed by atoms with Gasteiger partial charge in [0.1, 0.15) is 11.3 Å². The summed E-state index contributed by atoms with van der Waals surface area (Å²) in [6, 6.07) is 21.6. The van der Waals surface area contributed by atoms with Crippen molar-refractivity contribution in [2.24, 2.45) is 0 Å². The number of ketones is 1. The number of hydrogen-bond donors (Lipinski definition) is 0. The van der Waals surface area contributed by atoms with Gasteiger partial charge in [0.25, 0.3) is 5.69 Å². The zero-order chi connectivity index (χ0) is 21.5. The highest BCUT2D eigenvalue weighted by Crippen LogP contribution is 2.43. The van der Waals surface area contributed by atoms with Crippen molar-refractivity contribution in [2.75, 3.05) is 0 Å². The van der Waals surface area contributed by atoms with Crippen LogP contribution in [0.4, 0.5) is 5.69 Å². The first-order chi connectivity index (χ1) is 15.0. The minimum Gasteiger partial charge on any atom is -0.455 e. The van der Waals surface area contributed by atoms with Crippen LogP contribution in [0.25, 0.3) is 44.3 Å². The summed E-state index contributed by atoms with van der Waals surface area (Å²) in [7, 11) is 0. The Labute approximate surface area is 176 Å². The standard InChI is InChI=1S/C25H16N2O4/c1-15(28)16-8-10-17(11-9-16)23-19-5-2-3-7-22(19)31-25(23)20-12-13-21(27(29)30)18-6-4-14-26-24(18)20/h2-14H,1H3. The molecule has 5 aromatic rings. The third kappa shape index (κ3) is 3.05. The van der Waals surface area contributed by atoms with Crippen molar-refractivity contribution >= 4 is 33.3 Å². The zero-order valence-electron chi connectivity index (χ0n) is 16.5. The second kappa shape index (κ2) is 7.18. The van der Waals surface area contributed by atoms with Crippen molar-refractivity contribution in [2.45, 2.75) is 6.92 Å². The third-order valence-electron chi connectivity index (χ3n) is 5.36. The van der Waals surface area contributed by atoms with Crippen molar-refractivity contribution < 1.29 is 14.1 Å². The molecule has 0 saturated carbocycles. The molecular weight excluding hydrogens is 392 g/mol. The number of nitrogens with zero attached hydrogens (tertiary/aromatic N) is 2. The lowest BCUT2D eigenvalue weighted by atomic mass is 9.96. The van der Waals surface area contributed by atoms with Gasteiger partial charge in [0.05, 0.1) is 15.8 Å². The Morgan fingerprint density at radius 3 is 2.42 bits per heavy atom. The number of furan rings is 1. The maximum Gasteiger partial charge on any atom is 0.278 e. The van der Waals surface area contributed by atoms with Gasteiger partial charge in [0.15, 0.2) is 5.78 Å². The first-order valence-corrected chi connectivity index (χ1v) is 9.70. The Bertz CT molecular complexity index is 1480. The smallest absolute Gasteiger partial charge is 0.278 e. The first kappa shape index (κ1) is 18.7. The van der Waals surface area contributed by atoms with Gasteiger partial charge in [-0.1, -0.05) is 42.5 Å². The number of non-ortho nitro benzene ring substituents is 1. The van der Waals surface area contributed by atoms with E-state index in [2.05, 4.69) is 4.98 Å². The van der Waals surface area contributed by atoms with Gasteiger partial charge in [0, 0.05) is 34.3 Å². The molecule has 0 bridgehead atoms. The van der Waals surface area contributed by atoms with E-state index < -0.39 is 4.92 Å². The predicted octanol–water partition coefficient (Wildman–Crippen LogP) is 6.43. The van der Waals surface area contributed by atoms with Crippen LogP contribution in [0.5, 0.6) is 0 Å². The number of rotatable bonds is 4. The van der Waals surface area contributed by atoms with Gasteiger partial charge in [-0.2, -0.15) is 0 Å². The molecule has 0 atom stereocenters. The minimum atomic E-state index is -0.409. The Morgan fingerprint density at radius 1 is 0.935 bits per heavy atom. The lowest BCUT2D eigenvalue weighted by Gasteiger charge is -2.08. The molecule has 5 rings (SSSR count). The van der Waals surface area contributed by atoms with E-state index >= 15 is 0 Å². The van der Waals surface area contributed by atoms with E-state index in [4.69, 9.17) is 4.42 Å². The monoisotopic (exact) mass is 408 g/mol. The van der Waals surface area contributed by atoms with Gasteiger partial charge in [-0.05, 0) is 36.8 Å². The largest absolute Gasteiger partial charge is 0.455 e. The van der Waals surface area contributed by atoms with Crippen LogP contribution in [-0.4, -0.2) is 15.7 Å². The summed E-state index contributed by atoms with van der Waals surface area (Å²) in [4.78, 5) is 27.2. The van der Waals surface area contributed by atoms with Crippen LogP contribution in [0.2, 0.25) is 0 Å². The van der Waals surface area contributed by atoms with Crippen molar-refractivity contribution in [3.63, 3.8) is 0 Å². The van der Waals surface area contributed by atoms with Gasteiger partial charge in [-0.3, -0.25) is 19.9 Å². The molecule has 0 aliphatic heterocycles. The SMILES string of the molecule is CC(=O)c1ccc(-c2c(-c3ccc([N+](=O)[O-])c4cccnc34)oc3ccccc23)cc1. The molecule has 0 unspecified atom stereocenters. The number of pyridine rings is 1. The molecule has 0 amide bonds.